The summed E-state index contributed by atoms with van der Waals surface area (Å²) in [5.74, 6) is 0.735. The molecule has 1 amide bonds. The number of β-amino-alcohol motifs (C(OH)–C–C–N with tert-alkyl or cyclic N) is 1. The van der Waals surface area contributed by atoms with Gasteiger partial charge in [0.2, 0.25) is 11.9 Å². The monoisotopic (exact) mass is 335 g/mol. The fourth-order valence-corrected chi connectivity index (χ4v) is 3.10. The van der Waals surface area contributed by atoms with Crippen molar-refractivity contribution in [2.45, 2.75) is 25.0 Å². The number of anilines is 1. The second kappa shape index (κ2) is 7.00. The first-order chi connectivity index (χ1) is 11.5. The van der Waals surface area contributed by atoms with Crippen molar-refractivity contribution in [1.29, 1.82) is 0 Å². The van der Waals surface area contributed by atoms with Gasteiger partial charge in [0.15, 0.2) is 0 Å². The Morgan fingerprint density at radius 2 is 1.92 bits per heavy atom. The number of aromatic nitrogens is 2. The number of hydrogen-bond acceptors (Lipinski definition) is 7. The molecule has 8 heteroatoms. The minimum absolute atomic E-state index is 0.00830. The van der Waals surface area contributed by atoms with Gasteiger partial charge in [-0.3, -0.25) is 9.69 Å². The largest absolute Gasteiger partial charge is 0.388 e. The van der Waals surface area contributed by atoms with Crippen LogP contribution < -0.4 is 4.90 Å². The van der Waals surface area contributed by atoms with E-state index in [-0.39, 0.29) is 12.5 Å². The summed E-state index contributed by atoms with van der Waals surface area (Å²) >= 11 is 0. The fourth-order valence-electron chi connectivity index (χ4n) is 3.10. The highest BCUT2D eigenvalue weighted by Crippen LogP contribution is 2.22. The van der Waals surface area contributed by atoms with Crippen molar-refractivity contribution in [2.24, 2.45) is 0 Å². The van der Waals surface area contributed by atoms with Crippen molar-refractivity contribution in [1.82, 2.24) is 19.8 Å². The second-order valence-electron chi connectivity index (χ2n) is 6.77. The van der Waals surface area contributed by atoms with Crippen LogP contribution in [0.15, 0.2) is 18.5 Å². The number of carbonyl (C=O) groups excluding carboxylic acids is 1. The lowest BCUT2D eigenvalue weighted by molar-refractivity contribution is -0.147. The van der Waals surface area contributed by atoms with Crippen molar-refractivity contribution in [2.75, 3.05) is 50.7 Å². The average Bonchev–Trinajstić information content (AvgIpc) is 2.59. The molecular weight excluding hydrogens is 310 g/mol. The third-order valence-corrected chi connectivity index (χ3v) is 4.92. The lowest BCUT2D eigenvalue weighted by atomic mass is 9.91. The van der Waals surface area contributed by atoms with E-state index in [1.165, 1.54) is 0 Å². The van der Waals surface area contributed by atoms with Gasteiger partial charge in [0.1, 0.15) is 0 Å². The number of likely N-dealkylation sites (tertiary alicyclic amines) is 1. The number of aliphatic hydroxyl groups is 2. The predicted octanol–water partition coefficient (Wildman–Crippen LogP) is -1.06. The van der Waals surface area contributed by atoms with Gasteiger partial charge in [-0.1, -0.05) is 0 Å². The van der Waals surface area contributed by atoms with Crippen LogP contribution in [0.2, 0.25) is 0 Å². The highest BCUT2D eigenvalue weighted by Gasteiger charge is 2.38. The van der Waals surface area contributed by atoms with Crippen LogP contribution in [0.5, 0.6) is 0 Å². The van der Waals surface area contributed by atoms with Crippen LogP contribution in [-0.2, 0) is 4.79 Å². The van der Waals surface area contributed by atoms with Gasteiger partial charge in [-0.15, -0.1) is 0 Å². The first kappa shape index (κ1) is 17.1. The Hall–Kier alpha value is -1.77. The van der Waals surface area contributed by atoms with Crippen LogP contribution >= 0.6 is 0 Å². The number of carbonyl (C=O) groups is 1. The summed E-state index contributed by atoms with van der Waals surface area (Å²) in [5.41, 5.74) is -1.10. The number of rotatable bonds is 3. The van der Waals surface area contributed by atoms with Crippen LogP contribution in [0.1, 0.15) is 13.3 Å². The molecule has 0 spiro atoms. The lowest BCUT2D eigenvalue weighted by Gasteiger charge is -2.41. The van der Waals surface area contributed by atoms with E-state index < -0.39 is 11.7 Å². The lowest BCUT2D eigenvalue weighted by Crippen LogP contribution is -2.57. The maximum absolute atomic E-state index is 12.4. The SMILES string of the molecule is C[C@]1(O)CCN(C(=O)CN2CCN(c3ncccn3)CC2)C[C@@H]1O. The van der Waals surface area contributed by atoms with E-state index in [0.717, 1.165) is 32.1 Å². The molecule has 1 aromatic rings. The van der Waals surface area contributed by atoms with Crippen molar-refractivity contribution >= 4 is 11.9 Å². The fraction of sp³-hybridized carbons (Fsp3) is 0.688. The molecule has 1 aromatic heterocycles. The Morgan fingerprint density at radius 3 is 2.54 bits per heavy atom. The first-order valence-corrected chi connectivity index (χ1v) is 8.38. The molecule has 0 bridgehead atoms. The van der Waals surface area contributed by atoms with E-state index in [4.69, 9.17) is 0 Å². The molecule has 132 valence electrons. The van der Waals surface area contributed by atoms with Gasteiger partial charge < -0.3 is 20.0 Å². The quantitative estimate of drug-likeness (QED) is 0.727. The Kier molecular flexibility index (Phi) is 4.98. The third kappa shape index (κ3) is 3.82. The predicted molar refractivity (Wildman–Crippen MR) is 88.5 cm³/mol. The van der Waals surface area contributed by atoms with E-state index in [0.29, 0.717) is 19.5 Å². The van der Waals surface area contributed by atoms with E-state index in [1.54, 1.807) is 30.3 Å². The minimum Gasteiger partial charge on any atom is -0.388 e. The number of nitrogens with zero attached hydrogens (tertiary/aromatic N) is 5. The van der Waals surface area contributed by atoms with E-state index in [1.807, 2.05) is 0 Å². The second-order valence-corrected chi connectivity index (χ2v) is 6.77. The molecule has 2 N–H and O–H groups in total. The summed E-state index contributed by atoms with van der Waals surface area (Å²) in [4.78, 5) is 26.8. The summed E-state index contributed by atoms with van der Waals surface area (Å²) in [7, 11) is 0. The molecule has 2 saturated heterocycles. The molecule has 8 nitrogen and oxygen atoms in total. The van der Waals surface area contributed by atoms with Gasteiger partial charge in [-0.05, 0) is 19.4 Å². The maximum atomic E-state index is 12.4. The van der Waals surface area contributed by atoms with Gasteiger partial charge in [0.25, 0.3) is 0 Å². The van der Waals surface area contributed by atoms with Gasteiger partial charge in [-0.25, -0.2) is 9.97 Å². The van der Waals surface area contributed by atoms with Gasteiger partial charge in [0.05, 0.1) is 18.2 Å². The molecule has 0 saturated carbocycles. The van der Waals surface area contributed by atoms with E-state index in [9.17, 15) is 15.0 Å². The van der Waals surface area contributed by atoms with Crippen LogP contribution in [-0.4, -0.2) is 93.4 Å². The Balaban J connectivity index is 1.47. The first-order valence-electron chi connectivity index (χ1n) is 8.38. The van der Waals surface area contributed by atoms with Gasteiger partial charge >= 0.3 is 0 Å². The molecule has 3 rings (SSSR count). The zero-order valence-corrected chi connectivity index (χ0v) is 14.0. The van der Waals surface area contributed by atoms with E-state index in [2.05, 4.69) is 19.8 Å². The van der Waals surface area contributed by atoms with Gasteiger partial charge in [-0.2, -0.15) is 0 Å². The third-order valence-electron chi connectivity index (χ3n) is 4.92. The molecule has 0 radical (unpaired) electrons. The number of aliphatic hydroxyl groups excluding tert-OH is 1. The van der Waals surface area contributed by atoms with Crippen molar-refractivity contribution in [3.63, 3.8) is 0 Å². The summed E-state index contributed by atoms with van der Waals surface area (Å²) in [6.07, 6.45) is 2.98. The van der Waals surface area contributed by atoms with Crippen molar-refractivity contribution < 1.29 is 15.0 Å². The number of piperidine rings is 1. The smallest absolute Gasteiger partial charge is 0.236 e. The number of amides is 1. The zero-order chi connectivity index (χ0) is 17.2. The molecule has 2 aliphatic heterocycles. The maximum Gasteiger partial charge on any atom is 0.236 e. The molecule has 3 heterocycles. The normalized spacial score (nSPS) is 28.9. The highest BCUT2D eigenvalue weighted by molar-refractivity contribution is 5.78. The molecule has 24 heavy (non-hydrogen) atoms. The topological polar surface area (TPSA) is 93.0 Å². The Morgan fingerprint density at radius 1 is 1.25 bits per heavy atom. The number of hydrogen-bond donors (Lipinski definition) is 2. The summed E-state index contributed by atoms with van der Waals surface area (Å²) in [6.45, 7) is 5.77. The molecule has 0 aromatic carbocycles. The van der Waals surface area contributed by atoms with Crippen LogP contribution in [0.4, 0.5) is 5.95 Å². The van der Waals surface area contributed by atoms with Gasteiger partial charge in [0, 0.05) is 51.7 Å². The molecule has 0 unspecified atom stereocenters. The molecule has 2 fully saturated rings. The van der Waals surface area contributed by atoms with Crippen LogP contribution in [0.3, 0.4) is 0 Å². The summed E-state index contributed by atoms with van der Waals surface area (Å²) in [5, 5.41) is 19.9. The molecule has 0 aliphatic carbocycles. The molecular formula is C16H25N5O3. The highest BCUT2D eigenvalue weighted by atomic mass is 16.3. The zero-order valence-electron chi connectivity index (χ0n) is 14.0. The Labute approximate surface area is 141 Å². The standard InChI is InChI=1S/C16H25N5O3/c1-16(24)3-6-21(11-13(16)22)14(23)12-19-7-9-20(10-8-19)15-17-4-2-5-18-15/h2,4-5,13,22,24H,3,6-12H2,1H3/t13-,16-/m0/s1. The van der Waals surface area contributed by atoms with Crippen molar-refractivity contribution in [3.8, 4) is 0 Å². The average molecular weight is 335 g/mol. The Bertz CT molecular complexity index is 560. The van der Waals surface area contributed by atoms with E-state index >= 15 is 0 Å². The number of piperazine rings is 1. The summed E-state index contributed by atoms with van der Waals surface area (Å²) < 4.78 is 0. The van der Waals surface area contributed by atoms with Crippen LogP contribution in [0.25, 0.3) is 0 Å². The summed E-state index contributed by atoms with van der Waals surface area (Å²) in [6, 6.07) is 1.79. The van der Waals surface area contributed by atoms with Crippen molar-refractivity contribution in [3.05, 3.63) is 18.5 Å². The van der Waals surface area contributed by atoms with Crippen LogP contribution in [0, 0.1) is 0 Å². The minimum atomic E-state index is -1.10. The molecule has 2 atom stereocenters. The molecule has 2 aliphatic rings.